The van der Waals surface area contributed by atoms with Gasteiger partial charge in [-0.15, -0.1) is 24.2 Å². The summed E-state index contributed by atoms with van der Waals surface area (Å²) in [6.07, 6.45) is 0. The molecular formula is C15H25ClN2O2S. The summed E-state index contributed by atoms with van der Waals surface area (Å²) in [4.78, 5) is 15.1. The van der Waals surface area contributed by atoms with E-state index < -0.39 is 0 Å². The van der Waals surface area contributed by atoms with E-state index in [0.29, 0.717) is 17.9 Å². The number of halogens is 1. The molecule has 2 N–H and O–H groups in total. The van der Waals surface area contributed by atoms with Gasteiger partial charge in [0.25, 0.3) is 0 Å². The average molecular weight is 333 g/mol. The first-order chi connectivity index (χ1) is 9.62. The summed E-state index contributed by atoms with van der Waals surface area (Å²) in [5, 5.41) is 0. The van der Waals surface area contributed by atoms with Gasteiger partial charge in [0.05, 0.1) is 5.56 Å². The molecule has 6 heteroatoms. The van der Waals surface area contributed by atoms with Crippen LogP contribution in [0.1, 0.15) is 31.1 Å². The number of carbonyl (C=O) groups is 1. The van der Waals surface area contributed by atoms with E-state index in [9.17, 15) is 4.79 Å². The van der Waals surface area contributed by atoms with Crippen LogP contribution in [0.5, 0.6) is 0 Å². The monoisotopic (exact) mass is 332 g/mol. The Labute approximate surface area is 137 Å². The zero-order chi connectivity index (χ0) is 15.0. The van der Waals surface area contributed by atoms with Gasteiger partial charge < -0.3 is 15.4 Å². The molecule has 0 saturated heterocycles. The second-order valence-corrected chi connectivity index (χ2v) is 5.65. The fourth-order valence-electron chi connectivity index (χ4n) is 1.83. The lowest BCUT2D eigenvalue weighted by atomic mass is 10.2. The molecule has 0 amide bonds. The van der Waals surface area contributed by atoms with Crippen molar-refractivity contribution in [3.63, 3.8) is 0 Å². The van der Waals surface area contributed by atoms with Gasteiger partial charge in [-0.3, -0.25) is 0 Å². The molecule has 0 aliphatic rings. The Morgan fingerprint density at radius 3 is 2.52 bits per heavy atom. The third-order valence-corrected chi connectivity index (χ3v) is 4.04. The first-order valence-corrected chi connectivity index (χ1v) is 8.02. The topological polar surface area (TPSA) is 55.6 Å². The molecule has 0 heterocycles. The van der Waals surface area contributed by atoms with Crippen molar-refractivity contribution in [1.82, 2.24) is 4.90 Å². The molecule has 0 unspecified atom stereocenters. The maximum atomic E-state index is 12.0. The van der Waals surface area contributed by atoms with Crippen molar-refractivity contribution in [2.24, 2.45) is 0 Å². The van der Waals surface area contributed by atoms with Gasteiger partial charge in [-0.25, -0.2) is 4.79 Å². The predicted molar refractivity (Wildman–Crippen MR) is 92.6 cm³/mol. The quantitative estimate of drug-likeness (QED) is 0.449. The standard InChI is InChI=1S/C15H24N2O2S.ClH/c1-4-17(5-2)9-10-19-15(18)12-7-8-13(16)14(11-12)20-6-3;/h7-8,11H,4-6,9-10,16H2,1-3H3;1H. The van der Waals surface area contributed by atoms with Crippen LogP contribution in [0.2, 0.25) is 0 Å². The van der Waals surface area contributed by atoms with Crippen LogP contribution < -0.4 is 5.73 Å². The Kier molecular flexibility index (Phi) is 10.3. The van der Waals surface area contributed by atoms with E-state index in [-0.39, 0.29) is 18.4 Å². The van der Waals surface area contributed by atoms with Crippen molar-refractivity contribution in [2.45, 2.75) is 25.7 Å². The summed E-state index contributed by atoms with van der Waals surface area (Å²) in [6, 6.07) is 5.29. The summed E-state index contributed by atoms with van der Waals surface area (Å²) < 4.78 is 5.30. The summed E-state index contributed by atoms with van der Waals surface area (Å²) in [7, 11) is 0. The van der Waals surface area contributed by atoms with Crippen LogP contribution in [0.4, 0.5) is 5.69 Å². The summed E-state index contributed by atoms with van der Waals surface area (Å²) in [6.45, 7) is 9.37. The van der Waals surface area contributed by atoms with Crippen LogP contribution in [0.25, 0.3) is 0 Å². The predicted octanol–water partition coefficient (Wildman–Crippen LogP) is 3.30. The number of nitrogens with two attached hydrogens (primary N) is 1. The molecule has 0 atom stereocenters. The minimum atomic E-state index is -0.282. The SMILES string of the molecule is CCSc1cc(C(=O)OCCN(CC)CC)ccc1N.Cl. The molecular weight excluding hydrogens is 308 g/mol. The number of ether oxygens (including phenoxy) is 1. The zero-order valence-corrected chi connectivity index (χ0v) is 14.6. The van der Waals surface area contributed by atoms with Gasteiger partial charge in [0.1, 0.15) is 6.61 Å². The number of nitrogen functional groups attached to an aromatic ring is 1. The lowest BCUT2D eigenvalue weighted by molar-refractivity contribution is 0.0466. The third-order valence-electron chi connectivity index (χ3n) is 3.08. The fraction of sp³-hybridized carbons (Fsp3) is 0.533. The lowest BCUT2D eigenvalue weighted by Crippen LogP contribution is -2.27. The Balaban J connectivity index is 0.00000400. The average Bonchev–Trinajstić information content (AvgIpc) is 2.46. The van der Waals surface area contributed by atoms with Crippen LogP contribution in [0, 0.1) is 0 Å². The van der Waals surface area contributed by atoms with Gasteiger partial charge in [-0.1, -0.05) is 20.8 Å². The molecule has 120 valence electrons. The highest BCUT2D eigenvalue weighted by molar-refractivity contribution is 7.99. The van der Waals surface area contributed by atoms with Gasteiger partial charge in [0.2, 0.25) is 0 Å². The summed E-state index contributed by atoms with van der Waals surface area (Å²) in [5.74, 6) is 0.639. The van der Waals surface area contributed by atoms with Gasteiger partial charge in [-0.05, 0) is 37.0 Å². The van der Waals surface area contributed by atoms with E-state index in [1.54, 1.807) is 23.9 Å². The number of thioether (sulfide) groups is 1. The molecule has 0 saturated carbocycles. The molecule has 1 aromatic rings. The number of hydrogen-bond acceptors (Lipinski definition) is 5. The van der Waals surface area contributed by atoms with Crippen molar-refractivity contribution in [3.05, 3.63) is 23.8 Å². The van der Waals surface area contributed by atoms with Crippen LogP contribution >= 0.6 is 24.2 Å². The molecule has 4 nitrogen and oxygen atoms in total. The first kappa shape index (κ1) is 20.1. The van der Waals surface area contributed by atoms with Crippen LogP contribution in [-0.4, -0.2) is 42.9 Å². The third kappa shape index (κ3) is 6.59. The second kappa shape index (κ2) is 10.8. The van der Waals surface area contributed by atoms with E-state index in [4.69, 9.17) is 10.5 Å². The van der Waals surface area contributed by atoms with Crippen LogP contribution in [0.3, 0.4) is 0 Å². The van der Waals surface area contributed by atoms with Gasteiger partial charge >= 0.3 is 5.97 Å². The Hall–Kier alpha value is -0.910. The first-order valence-electron chi connectivity index (χ1n) is 7.04. The van der Waals surface area contributed by atoms with Crippen molar-refractivity contribution in [1.29, 1.82) is 0 Å². The van der Waals surface area contributed by atoms with E-state index in [2.05, 4.69) is 25.7 Å². The van der Waals surface area contributed by atoms with Crippen molar-refractivity contribution < 1.29 is 9.53 Å². The number of hydrogen-bond donors (Lipinski definition) is 1. The van der Waals surface area contributed by atoms with E-state index in [1.807, 2.05) is 6.07 Å². The van der Waals surface area contributed by atoms with E-state index in [0.717, 1.165) is 30.3 Å². The molecule has 21 heavy (non-hydrogen) atoms. The normalized spacial score (nSPS) is 10.3. The van der Waals surface area contributed by atoms with Crippen LogP contribution in [0.15, 0.2) is 23.1 Å². The number of rotatable bonds is 8. The van der Waals surface area contributed by atoms with E-state index >= 15 is 0 Å². The summed E-state index contributed by atoms with van der Waals surface area (Å²) >= 11 is 1.63. The molecule has 0 aliphatic heterocycles. The minimum absolute atomic E-state index is 0. The number of carbonyl (C=O) groups excluding carboxylic acids is 1. The van der Waals surface area contributed by atoms with Crippen molar-refractivity contribution in [3.8, 4) is 0 Å². The molecule has 0 spiro atoms. The van der Waals surface area contributed by atoms with Crippen LogP contribution in [-0.2, 0) is 4.74 Å². The Morgan fingerprint density at radius 2 is 1.95 bits per heavy atom. The molecule has 0 aromatic heterocycles. The molecule has 0 bridgehead atoms. The van der Waals surface area contributed by atoms with Gasteiger partial charge in [-0.2, -0.15) is 0 Å². The zero-order valence-electron chi connectivity index (χ0n) is 12.9. The summed E-state index contributed by atoms with van der Waals surface area (Å²) in [5.41, 5.74) is 7.14. The molecule has 1 rings (SSSR count). The second-order valence-electron chi connectivity index (χ2n) is 4.35. The Bertz CT molecular complexity index is 440. The number of likely N-dealkylation sites (N-methyl/N-ethyl adjacent to an activating group) is 1. The molecule has 0 fully saturated rings. The maximum Gasteiger partial charge on any atom is 0.338 e. The van der Waals surface area contributed by atoms with Crippen molar-refractivity contribution >= 4 is 35.8 Å². The van der Waals surface area contributed by atoms with Crippen molar-refractivity contribution in [2.75, 3.05) is 37.7 Å². The molecule has 0 radical (unpaired) electrons. The highest BCUT2D eigenvalue weighted by Gasteiger charge is 2.10. The molecule has 0 aliphatic carbocycles. The Morgan fingerprint density at radius 1 is 1.29 bits per heavy atom. The number of esters is 1. The van der Waals surface area contributed by atoms with E-state index in [1.165, 1.54) is 0 Å². The minimum Gasteiger partial charge on any atom is -0.461 e. The number of benzene rings is 1. The highest BCUT2D eigenvalue weighted by atomic mass is 35.5. The molecule has 1 aromatic carbocycles. The lowest BCUT2D eigenvalue weighted by Gasteiger charge is -2.17. The maximum absolute atomic E-state index is 12.0. The smallest absolute Gasteiger partial charge is 0.338 e. The largest absolute Gasteiger partial charge is 0.461 e. The van der Waals surface area contributed by atoms with Gasteiger partial charge in [0, 0.05) is 17.1 Å². The fourth-order valence-corrected chi connectivity index (χ4v) is 2.59. The number of nitrogens with zero attached hydrogens (tertiary/aromatic N) is 1. The highest BCUT2D eigenvalue weighted by Crippen LogP contribution is 2.26. The number of anilines is 1. The van der Waals surface area contributed by atoms with Gasteiger partial charge in [0.15, 0.2) is 0 Å².